The third-order valence-corrected chi connectivity index (χ3v) is 10.1. The van der Waals surface area contributed by atoms with E-state index in [0.717, 1.165) is 35.6 Å². The number of hydrogen-bond acceptors (Lipinski definition) is 10. The summed E-state index contributed by atoms with van der Waals surface area (Å²) >= 11 is 7.17. The van der Waals surface area contributed by atoms with Crippen LogP contribution in [0.15, 0.2) is 47.5 Å². The smallest absolute Gasteiger partial charge is 0.314 e. The van der Waals surface area contributed by atoms with Gasteiger partial charge in [-0.2, -0.15) is 8.42 Å². The molecule has 15 nitrogen and oxygen atoms in total. The van der Waals surface area contributed by atoms with Crippen LogP contribution in [0.1, 0.15) is 45.2 Å². The first-order valence-corrected chi connectivity index (χ1v) is 17.7. The zero-order chi connectivity index (χ0) is 35.2. The third kappa shape index (κ3) is 11.0. The Hall–Kier alpha value is -4.00. The van der Waals surface area contributed by atoms with Crippen molar-refractivity contribution in [3.63, 3.8) is 0 Å². The molecule has 0 saturated heterocycles. The van der Waals surface area contributed by atoms with Crippen LogP contribution in [0.4, 0.5) is 5.82 Å². The van der Waals surface area contributed by atoms with E-state index in [4.69, 9.17) is 16.2 Å². The molecule has 1 aromatic carbocycles. The van der Waals surface area contributed by atoms with Crippen molar-refractivity contribution in [2.75, 3.05) is 33.0 Å². The highest BCUT2D eigenvalue weighted by Gasteiger charge is 2.37. The molecule has 266 valence electrons. The fraction of sp³-hybridized carbons (Fsp3) is 0.419. The average Bonchev–Trinajstić information content (AvgIpc) is 3.46. The van der Waals surface area contributed by atoms with E-state index in [2.05, 4.69) is 30.8 Å². The number of thiazole rings is 1. The Bertz CT molecular complexity index is 1750. The zero-order valence-electron chi connectivity index (χ0n) is 27.4. The van der Waals surface area contributed by atoms with E-state index in [1.54, 1.807) is 32.3 Å². The van der Waals surface area contributed by atoms with Gasteiger partial charge < -0.3 is 31.2 Å². The van der Waals surface area contributed by atoms with Gasteiger partial charge in [0.2, 0.25) is 5.91 Å². The number of nitrogens with one attached hydrogen (secondary N) is 3. The summed E-state index contributed by atoms with van der Waals surface area (Å²) in [6.07, 6.45) is 3.42. The van der Waals surface area contributed by atoms with Gasteiger partial charge in [0.05, 0.1) is 21.7 Å². The van der Waals surface area contributed by atoms with Gasteiger partial charge in [-0.05, 0) is 57.5 Å². The van der Waals surface area contributed by atoms with Crippen LogP contribution in [0, 0.1) is 12.8 Å². The van der Waals surface area contributed by atoms with Crippen molar-refractivity contribution in [3.8, 4) is 0 Å². The first-order chi connectivity index (χ1) is 22.6. The number of rotatable bonds is 6. The highest BCUT2D eigenvalue weighted by atomic mass is 35.5. The lowest BCUT2D eigenvalue weighted by Gasteiger charge is -2.37. The predicted molar refractivity (Wildman–Crippen MR) is 184 cm³/mol. The number of carbonyl (C=O) groups is 4. The van der Waals surface area contributed by atoms with E-state index in [1.807, 2.05) is 14.0 Å². The highest BCUT2D eigenvalue weighted by Crippen LogP contribution is 2.28. The third-order valence-electron chi connectivity index (χ3n) is 7.88. The maximum Gasteiger partial charge on any atom is 0.314 e. The highest BCUT2D eigenvalue weighted by molar-refractivity contribution is 7.85. The first-order valence-electron chi connectivity index (χ1n) is 15.1. The standard InChI is InChI=1S/C24H30ClN7O4S.C7H8O3S.H2O/c1-31(2)24(36)13-4-6-15(27-20(33)21(34)30-19-7-5-14(25)11-26-19)17(10-13)28-22(35)23-29-16-8-9-32(3)12-18(16)37-23;1-6-2-4-7(5-3-6)11(8,9)10;/h5,7,11,13,15,17H,4,6,8-10,12H2,1-3H3,(H,27,33)(H,28,35)(H,26,30,34);2-5H,1H3,(H,8,9,10);1H2/t13-,15-,17+;;/m0../s1. The number of pyridine rings is 1. The number of aryl methyl sites for hydroxylation is 1. The Balaban J connectivity index is 0.000000462. The van der Waals surface area contributed by atoms with E-state index in [-0.39, 0.29) is 33.9 Å². The van der Waals surface area contributed by atoms with Crippen molar-refractivity contribution in [1.82, 2.24) is 30.4 Å². The minimum absolute atomic E-state index is 0. The minimum atomic E-state index is -4.02. The van der Waals surface area contributed by atoms with Gasteiger partial charge in [0.25, 0.3) is 16.0 Å². The zero-order valence-corrected chi connectivity index (χ0v) is 29.8. The predicted octanol–water partition coefficient (Wildman–Crippen LogP) is 1.71. The molecular weight excluding hydrogens is 698 g/mol. The van der Waals surface area contributed by atoms with Crippen LogP contribution in [0.5, 0.6) is 0 Å². The summed E-state index contributed by atoms with van der Waals surface area (Å²) in [6.45, 7) is 3.48. The summed E-state index contributed by atoms with van der Waals surface area (Å²) in [7, 11) is 1.39. The van der Waals surface area contributed by atoms with Crippen molar-refractivity contribution in [1.29, 1.82) is 0 Å². The molecule has 0 radical (unpaired) electrons. The molecule has 0 bridgehead atoms. The number of likely N-dealkylation sites (N-methyl/N-ethyl adjacent to an activating group) is 1. The van der Waals surface area contributed by atoms with Crippen LogP contribution in [-0.4, -0.2) is 102 Å². The first kappa shape index (κ1) is 39.4. The number of fused-ring (bicyclic) bond motifs is 1. The molecule has 2 aliphatic rings. The molecule has 5 rings (SSSR count). The molecule has 1 aliphatic heterocycles. The summed E-state index contributed by atoms with van der Waals surface area (Å²) in [4.78, 5) is 64.2. The second-order valence-electron chi connectivity index (χ2n) is 11.9. The Kier molecular flexibility index (Phi) is 13.8. The number of hydrogen-bond donors (Lipinski definition) is 4. The molecule has 1 fully saturated rings. The summed E-state index contributed by atoms with van der Waals surface area (Å²) in [5, 5.41) is 8.91. The van der Waals surface area contributed by atoms with Crippen LogP contribution in [0.25, 0.3) is 0 Å². The second kappa shape index (κ2) is 17.1. The summed E-state index contributed by atoms with van der Waals surface area (Å²) in [6, 6.07) is 7.93. The maximum atomic E-state index is 13.2. The lowest BCUT2D eigenvalue weighted by atomic mass is 9.81. The molecule has 3 aromatic rings. The van der Waals surface area contributed by atoms with Crippen LogP contribution in [0.3, 0.4) is 0 Å². The molecule has 3 atom stereocenters. The molecule has 4 amide bonds. The van der Waals surface area contributed by atoms with Crippen LogP contribution < -0.4 is 16.0 Å². The topological polar surface area (TPSA) is 222 Å². The van der Waals surface area contributed by atoms with Crippen molar-refractivity contribution < 1.29 is 37.6 Å². The van der Waals surface area contributed by atoms with Crippen molar-refractivity contribution in [2.24, 2.45) is 5.92 Å². The van der Waals surface area contributed by atoms with Gasteiger partial charge in [-0.1, -0.05) is 29.3 Å². The summed E-state index contributed by atoms with van der Waals surface area (Å²) in [5.74, 6) is -2.25. The Morgan fingerprint density at radius 3 is 2.33 bits per heavy atom. The van der Waals surface area contributed by atoms with Crippen molar-refractivity contribution in [3.05, 3.63) is 68.8 Å². The fourth-order valence-electron chi connectivity index (χ4n) is 5.31. The van der Waals surface area contributed by atoms with Gasteiger partial charge in [-0.25, -0.2) is 9.97 Å². The SMILES string of the molecule is CN1CCc2nc(C(=O)N[C@@H]3C[C@@H](C(=O)N(C)C)CC[C@@H]3NC(=O)C(=O)Nc3ccc(Cl)cn3)sc2C1.Cc1ccc(S(=O)(=O)O)cc1.O. The van der Waals surface area contributed by atoms with Crippen LogP contribution >= 0.6 is 22.9 Å². The number of halogens is 1. The van der Waals surface area contributed by atoms with Crippen molar-refractivity contribution in [2.45, 2.75) is 56.1 Å². The molecule has 18 heteroatoms. The van der Waals surface area contributed by atoms with E-state index >= 15 is 0 Å². The average molecular weight is 738 g/mol. The summed E-state index contributed by atoms with van der Waals surface area (Å²) in [5.41, 5.74) is 1.90. The molecule has 0 spiro atoms. The van der Waals surface area contributed by atoms with Gasteiger partial charge in [0.15, 0.2) is 5.01 Å². The van der Waals surface area contributed by atoms with Gasteiger partial charge in [0, 0.05) is 56.6 Å². The van der Waals surface area contributed by atoms with Crippen molar-refractivity contribution >= 4 is 62.5 Å². The number of aromatic nitrogens is 2. The van der Waals surface area contributed by atoms with E-state index < -0.39 is 34.0 Å². The number of benzene rings is 1. The number of carbonyl (C=O) groups excluding carboxylic acids is 4. The van der Waals surface area contributed by atoms with E-state index in [0.29, 0.717) is 29.3 Å². The number of nitrogens with zero attached hydrogens (tertiary/aromatic N) is 4. The van der Waals surface area contributed by atoms with Gasteiger partial charge >= 0.3 is 11.8 Å². The monoisotopic (exact) mass is 737 g/mol. The molecule has 3 heterocycles. The molecule has 49 heavy (non-hydrogen) atoms. The number of anilines is 1. The molecule has 0 unspecified atom stereocenters. The lowest BCUT2D eigenvalue weighted by molar-refractivity contribution is -0.137. The Labute approximate surface area is 293 Å². The molecule has 1 saturated carbocycles. The van der Waals surface area contributed by atoms with Crippen LogP contribution in [0.2, 0.25) is 5.02 Å². The van der Waals surface area contributed by atoms with E-state index in [1.165, 1.54) is 40.6 Å². The quantitative estimate of drug-likeness (QED) is 0.212. The van der Waals surface area contributed by atoms with Gasteiger partial charge in [-0.15, -0.1) is 11.3 Å². The Morgan fingerprint density at radius 1 is 1.02 bits per heavy atom. The normalized spacial score (nSPS) is 18.8. The van der Waals surface area contributed by atoms with E-state index in [9.17, 15) is 27.6 Å². The Morgan fingerprint density at radius 2 is 1.71 bits per heavy atom. The van der Waals surface area contributed by atoms with Gasteiger partial charge in [-0.3, -0.25) is 23.7 Å². The maximum absolute atomic E-state index is 13.2. The summed E-state index contributed by atoms with van der Waals surface area (Å²) < 4.78 is 29.6. The largest absolute Gasteiger partial charge is 0.412 e. The lowest BCUT2D eigenvalue weighted by Crippen LogP contribution is -2.57. The number of amides is 4. The van der Waals surface area contributed by atoms with Crippen LogP contribution in [-0.2, 0) is 37.5 Å². The molecular formula is C31H40ClN7O8S2. The minimum Gasteiger partial charge on any atom is -0.412 e. The molecule has 2 aromatic heterocycles. The fourth-order valence-corrected chi connectivity index (χ4v) is 6.99. The molecule has 6 N–H and O–H groups in total. The van der Waals surface area contributed by atoms with Gasteiger partial charge in [0.1, 0.15) is 5.82 Å². The second-order valence-corrected chi connectivity index (χ2v) is 14.8. The molecule has 1 aliphatic carbocycles.